The first-order chi connectivity index (χ1) is 13.3. The van der Waals surface area contributed by atoms with E-state index in [2.05, 4.69) is 0 Å². The summed E-state index contributed by atoms with van der Waals surface area (Å²) in [5.74, 6) is 0. The standard InChI is InChI=1S/C17H32O11/c1-3-7(4-2)25-15-10(20)8(5-18)27-17(13(15)23)28-14-9(6-19)26-16(24)12(22)11(14)21/h7-24H,3-6H2,1-2H3. The van der Waals surface area contributed by atoms with Gasteiger partial charge in [0.15, 0.2) is 12.6 Å². The van der Waals surface area contributed by atoms with Crippen LogP contribution in [0.15, 0.2) is 0 Å². The molecule has 11 nitrogen and oxygen atoms in total. The lowest BCUT2D eigenvalue weighted by molar-refractivity contribution is -0.359. The fourth-order valence-corrected chi connectivity index (χ4v) is 3.42. The largest absolute Gasteiger partial charge is 0.394 e. The van der Waals surface area contributed by atoms with Crippen molar-refractivity contribution in [3.8, 4) is 0 Å². The van der Waals surface area contributed by atoms with Crippen LogP contribution in [-0.2, 0) is 18.9 Å². The Morgan fingerprint density at radius 2 is 1.36 bits per heavy atom. The third-order valence-corrected chi connectivity index (χ3v) is 5.21. The fourth-order valence-electron chi connectivity index (χ4n) is 3.42. The number of rotatable bonds is 8. The Hall–Kier alpha value is -0.440. The van der Waals surface area contributed by atoms with Crippen LogP contribution in [0, 0.1) is 0 Å². The van der Waals surface area contributed by atoms with Gasteiger partial charge in [0.25, 0.3) is 0 Å². The van der Waals surface area contributed by atoms with E-state index in [-0.39, 0.29) is 6.10 Å². The van der Waals surface area contributed by atoms with E-state index in [0.29, 0.717) is 12.8 Å². The van der Waals surface area contributed by atoms with E-state index in [1.165, 1.54) is 0 Å². The summed E-state index contributed by atoms with van der Waals surface area (Å²) < 4.78 is 21.8. The molecule has 11 heteroatoms. The lowest BCUT2D eigenvalue weighted by Gasteiger charge is -2.46. The van der Waals surface area contributed by atoms with Crippen molar-refractivity contribution in [3.05, 3.63) is 0 Å². The lowest BCUT2D eigenvalue weighted by Crippen LogP contribution is -2.65. The summed E-state index contributed by atoms with van der Waals surface area (Å²) >= 11 is 0. The molecule has 2 fully saturated rings. The zero-order valence-corrected chi connectivity index (χ0v) is 15.9. The summed E-state index contributed by atoms with van der Waals surface area (Å²) in [6, 6.07) is 0. The molecule has 10 atom stereocenters. The first kappa shape index (κ1) is 23.8. The van der Waals surface area contributed by atoms with Crippen molar-refractivity contribution < 1.29 is 54.7 Å². The second-order valence-electron chi connectivity index (χ2n) is 7.08. The van der Waals surface area contributed by atoms with Crippen LogP contribution in [0.2, 0.25) is 0 Å². The molecule has 0 spiro atoms. The second-order valence-corrected chi connectivity index (χ2v) is 7.08. The monoisotopic (exact) mass is 412 g/mol. The Labute approximate surface area is 163 Å². The highest BCUT2D eigenvalue weighted by Gasteiger charge is 2.51. The van der Waals surface area contributed by atoms with Gasteiger partial charge in [0.1, 0.15) is 48.8 Å². The molecule has 10 unspecified atom stereocenters. The highest BCUT2D eigenvalue weighted by Crippen LogP contribution is 2.30. The summed E-state index contributed by atoms with van der Waals surface area (Å²) in [4.78, 5) is 0. The SMILES string of the molecule is CCC(CC)OC1C(O)C(CO)OC(OC2C(CO)OC(O)C(O)C2O)C1O. The minimum Gasteiger partial charge on any atom is -0.394 e. The Kier molecular flexibility index (Phi) is 8.98. The van der Waals surface area contributed by atoms with Gasteiger partial charge < -0.3 is 54.7 Å². The van der Waals surface area contributed by atoms with E-state index >= 15 is 0 Å². The molecule has 2 rings (SSSR count). The van der Waals surface area contributed by atoms with Gasteiger partial charge in [-0.1, -0.05) is 13.8 Å². The number of aliphatic hydroxyl groups excluding tert-OH is 7. The van der Waals surface area contributed by atoms with E-state index in [9.17, 15) is 35.7 Å². The average molecular weight is 412 g/mol. The van der Waals surface area contributed by atoms with Crippen LogP contribution in [0.25, 0.3) is 0 Å². The van der Waals surface area contributed by atoms with Crippen LogP contribution in [0.1, 0.15) is 26.7 Å². The van der Waals surface area contributed by atoms with Crippen LogP contribution >= 0.6 is 0 Å². The third-order valence-electron chi connectivity index (χ3n) is 5.21. The Morgan fingerprint density at radius 1 is 0.750 bits per heavy atom. The van der Waals surface area contributed by atoms with Crippen molar-refractivity contribution in [2.24, 2.45) is 0 Å². The normalized spacial score (nSPS) is 44.8. The predicted octanol–water partition coefficient (Wildman–Crippen LogP) is -3.18. The van der Waals surface area contributed by atoms with Crippen LogP contribution in [0.3, 0.4) is 0 Å². The fraction of sp³-hybridized carbons (Fsp3) is 1.00. The maximum atomic E-state index is 10.6. The number of ether oxygens (including phenoxy) is 4. The van der Waals surface area contributed by atoms with Gasteiger partial charge in [-0.05, 0) is 12.8 Å². The van der Waals surface area contributed by atoms with Crippen LogP contribution in [-0.4, -0.2) is 116 Å². The van der Waals surface area contributed by atoms with Gasteiger partial charge in [0, 0.05) is 0 Å². The highest BCUT2D eigenvalue weighted by atomic mass is 16.7. The van der Waals surface area contributed by atoms with Crippen molar-refractivity contribution >= 4 is 0 Å². The molecule has 2 heterocycles. The first-order valence-electron chi connectivity index (χ1n) is 9.52. The molecule has 28 heavy (non-hydrogen) atoms. The average Bonchev–Trinajstić information content (AvgIpc) is 2.70. The maximum absolute atomic E-state index is 10.6. The second kappa shape index (κ2) is 10.5. The molecule has 0 amide bonds. The molecule has 0 aromatic heterocycles. The van der Waals surface area contributed by atoms with E-state index in [1.54, 1.807) is 0 Å². The third kappa shape index (κ3) is 4.99. The molecule has 7 N–H and O–H groups in total. The van der Waals surface area contributed by atoms with Crippen molar-refractivity contribution in [2.45, 2.75) is 94.2 Å². The number of hydrogen-bond acceptors (Lipinski definition) is 11. The quantitative estimate of drug-likeness (QED) is 0.214. The minimum atomic E-state index is -1.72. The van der Waals surface area contributed by atoms with E-state index in [1.807, 2.05) is 13.8 Å². The number of aliphatic hydroxyl groups is 7. The Bertz CT molecular complexity index is 460. The summed E-state index contributed by atoms with van der Waals surface area (Å²) in [6.07, 6.45) is -13.2. The molecular formula is C17H32O11. The Balaban J connectivity index is 2.18. The molecule has 0 aromatic rings. The van der Waals surface area contributed by atoms with Gasteiger partial charge in [-0.15, -0.1) is 0 Å². The van der Waals surface area contributed by atoms with Gasteiger partial charge in [-0.25, -0.2) is 0 Å². The van der Waals surface area contributed by atoms with Gasteiger partial charge in [0.05, 0.1) is 19.3 Å². The van der Waals surface area contributed by atoms with Crippen LogP contribution in [0.4, 0.5) is 0 Å². The molecular weight excluding hydrogens is 380 g/mol. The molecule has 0 radical (unpaired) electrons. The van der Waals surface area contributed by atoms with Gasteiger partial charge >= 0.3 is 0 Å². The highest BCUT2D eigenvalue weighted by molar-refractivity contribution is 4.94. The molecule has 0 aromatic carbocycles. The molecule has 0 saturated carbocycles. The molecule has 166 valence electrons. The molecule has 2 aliphatic heterocycles. The van der Waals surface area contributed by atoms with Crippen molar-refractivity contribution in [1.82, 2.24) is 0 Å². The first-order valence-corrected chi connectivity index (χ1v) is 9.52. The molecule has 0 bridgehead atoms. The zero-order valence-electron chi connectivity index (χ0n) is 15.9. The Morgan fingerprint density at radius 3 is 1.89 bits per heavy atom. The molecule has 0 aliphatic carbocycles. The van der Waals surface area contributed by atoms with E-state index < -0.39 is 74.6 Å². The summed E-state index contributed by atoms with van der Waals surface area (Å²) in [6.45, 7) is 2.55. The summed E-state index contributed by atoms with van der Waals surface area (Å²) in [5.41, 5.74) is 0. The molecule has 2 saturated heterocycles. The van der Waals surface area contributed by atoms with E-state index in [0.717, 1.165) is 0 Å². The zero-order chi connectivity index (χ0) is 21.0. The van der Waals surface area contributed by atoms with Crippen molar-refractivity contribution in [1.29, 1.82) is 0 Å². The minimum absolute atomic E-state index is 0.252. The van der Waals surface area contributed by atoms with Crippen LogP contribution < -0.4 is 0 Å². The number of hydrogen-bond donors (Lipinski definition) is 7. The lowest BCUT2D eigenvalue weighted by atomic mass is 9.96. The summed E-state index contributed by atoms with van der Waals surface area (Å²) in [5, 5.41) is 69.5. The van der Waals surface area contributed by atoms with Gasteiger partial charge in [-0.3, -0.25) is 0 Å². The van der Waals surface area contributed by atoms with Crippen molar-refractivity contribution in [2.75, 3.05) is 13.2 Å². The van der Waals surface area contributed by atoms with E-state index in [4.69, 9.17) is 18.9 Å². The van der Waals surface area contributed by atoms with Crippen LogP contribution in [0.5, 0.6) is 0 Å². The summed E-state index contributed by atoms with van der Waals surface area (Å²) in [7, 11) is 0. The van der Waals surface area contributed by atoms with Gasteiger partial charge in [0.2, 0.25) is 0 Å². The smallest absolute Gasteiger partial charge is 0.187 e. The topological polar surface area (TPSA) is 179 Å². The van der Waals surface area contributed by atoms with Gasteiger partial charge in [-0.2, -0.15) is 0 Å². The van der Waals surface area contributed by atoms with Crippen molar-refractivity contribution in [3.63, 3.8) is 0 Å². The predicted molar refractivity (Wildman–Crippen MR) is 91.9 cm³/mol. The molecule has 2 aliphatic rings. The maximum Gasteiger partial charge on any atom is 0.187 e.